The van der Waals surface area contributed by atoms with E-state index in [9.17, 15) is 19.8 Å². The second-order valence-corrected chi connectivity index (χ2v) is 8.63. The lowest BCUT2D eigenvalue weighted by Gasteiger charge is -2.15. The van der Waals surface area contributed by atoms with E-state index < -0.39 is 11.8 Å². The molecule has 3 aromatic carbocycles. The number of aromatic hydroxyl groups is 2. The Balaban J connectivity index is 1.79. The topological polar surface area (TPSA) is 98.7 Å². The number of hydrogen-bond donors (Lipinski definition) is 4. The van der Waals surface area contributed by atoms with Crippen LogP contribution < -0.4 is 10.6 Å². The van der Waals surface area contributed by atoms with Crippen molar-refractivity contribution in [3.05, 3.63) is 82.9 Å². The van der Waals surface area contributed by atoms with E-state index in [-0.39, 0.29) is 34.5 Å². The highest BCUT2D eigenvalue weighted by molar-refractivity contribution is 6.11. The quantitative estimate of drug-likeness (QED) is 0.303. The molecule has 0 radical (unpaired) electrons. The summed E-state index contributed by atoms with van der Waals surface area (Å²) in [5, 5.41) is 26.3. The zero-order valence-corrected chi connectivity index (χ0v) is 20.1. The van der Waals surface area contributed by atoms with Crippen LogP contribution in [-0.2, 0) is 0 Å². The van der Waals surface area contributed by atoms with Crippen molar-refractivity contribution in [1.29, 1.82) is 0 Å². The molecule has 3 rings (SSSR count). The van der Waals surface area contributed by atoms with Gasteiger partial charge in [-0.05, 0) is 72.2 Å². The van der Waals surface area contributed by atoms with Gasteiger partial charge in [-0.3, -0.25) is 9.59 Å². The lowest BCUT2D eigenvalue weighted by molar-refractivity contribution is 0.101. The van der Waals surface area contributed by atoms with Gasteiger partial charge in [0.25, 0.3) is 11.8 Å². The summed E-state index contributed by atoms with van der Waals surface area (Å²) in [7, 11) is 0. The second kappa shape index (κ2) is 10.9. The van der Waals surface area contributed by atoms with Gasteiger partial charge in [-0.15, -0.1) is 0 Å². The molecule has 2 amide bonds. The van der Waals surface area contributed by atoms with Crippen LogP contribution in [0.4, 0.5) is 11.4 Å². The monoisotopic (exact) mass is 460 g/mol. The lowest BCUT2D eigenvalue weighted by atomic mass is 9.97. The van der Waals surface area contributed by atoms with Crippen molar-refractivity contribution in [3.63, 3.8) is 0 Å². The van der Waals surface area contributed by atoms with Crippen LogP contribution in [0, 0.1) is 0 Å². The van der Waals surface area contributed by atoms with Crippen LogP contribution in [0.25, 0.3) is 0 Å². The predicted octanol–water partition coefficient (Wildman–Crippen LogP) is 6.63. The standard InChI is InChI=1S/C28H32N2O4/c1-5-17(3)19-11-13-21(25(31)15-19)27(33)29-23-9-7-8-10-24(23)30-28(34)22-14-12-20(16-26(22)32)18(4)6-2/h7-18,31-32H,5-6H2,1-4H3,(H,29,33)(H,30,34). The van der Waals surface area contributed by atoms with Gasteiger partial charge in [-0.2, -0.15) is 0 Å². The molecule has 0 saturated heterocycles. The number of rotatable bonds is 8. The number of nitrogens with one attached hydrogen (secondary N) is 2. The number of benzene rings is 3. The minimum Gasteiger partial charge on any atom is -0.507 e. The zero-order chi connectivity index (χ0) is 24.8. The molecule has 0 aliphatic heterocycles. The van der Waals surface area contributed by atoms with Gasteiger partial charge < -0.3 is 20.8 Å². The highest BCUT2D eigenvalue weighted by Gasteiger charge is 2.18. The molecule has 2 atom stereocenters. The van der Waals surface area contributed by atoms with Gasteiger partial charge in [0.05, 0.1) is 22.5 Å². The van der Waals surface area contributed by atoms with Gasteiger partial charge in [0.15, 0.2) is 0 Å². The molecule has 0 aromatic heterocycles. The molecule has 0 aliphatic carbocycles. The van der Waals surface area contributed by atoms with Crippen LogP contribution in [0.2, 0.25) is 0 Å². The molecule has 4 N–H and O–H groups in total. The second-order valence-electron chi connectivity index (χ2n) is 8.63. The van der Waals surface area contributed by atoms with Gasteiger partial charge in [0, 0.05) is 0 Å². The van der Waals surface area contributed by atoms with Crippen LogP contribution in [0.5, 0.6) is 11.5 Å². The molecular weight excluding hydrogens is 428 g/mol. The van der Waals surface area contributed by atoms with Crippen LogP contribution >= 0.6 is 0 Å². The number of amides is 2. The van der Waals surface area contributed by atoms with Gasteiger partial charge in [0.2, 0.25) is 0 Å². The van der Waals surface area contributed by atoms with Crippen LogP contribution in [0.1, 0.15) is 84.2 Å². The average molecular weight is 461 g/mol. The zero-order valence-electron chi connectivity index (χ0n) is 20.1. The van der Waals surface area contributed by atoms with E-state index in [0.717, 1.165) is 24.0 Å². The first-order valence-corrected chi connectivity index (χ1v) is 11.6. The first-order valence-electron chi connectivity index (χ1n) is 11.6. The Hall–Kier alpha value is -3.80. The van der Waals surface area contributed by atoms with E-state index in [1.54, 1.807) is 48.5 Å². The molecule has 178 valence electrons. The van der Waals surface area contributed by atoms with Gasteiger partial charge in [-0.1, -0.05) is 52.0 Å². The summed E-state index contributed by atoms with van der Waals surface area (Å²) in [6.07, 6.45) is 1.85. The van der Waals surface area contributed by atoms with E-state index in [0.29, 0.717) is 11.4 Å². The van der Waals surface area contributed by atoms with E-state index in [1.165, 1.54) is 0 Å². The van der Waals surface area contributed by atoms with Crippen molar-refractivity contribution in [1.82, 2.24) is 0 Å². The molecule has 6 nitrogen and oxygen atoms in total. The Bertz CT molecular complexity index is 1100. The molecule has 0 bridgehead atoms. The van der Waals surface area contributed by atoms with Gasteiger partial charge >= 0.3 is 0 Å². The fourth-order valence-corrected chi connectivity index (χ4v) is 3.65. The van der Waals surface area contributed by atoms with Gasteiger partial charge in [0.1, 0.15) is 11.5 Å². The molecule has 2 unspecified atom stereocenters. The molecule has 6 heteroatoms. The largest absolute Gasteiger partial charge is 0.507 e. The van der Waals surface area contributed by atoms with E-state index in [2.05, 4.69) is 38.3 Å². The minimum absolute atomic E-state index is 0.0943. The van der Waals surface area contributed by atoms with Crippen LogP contribution in [0.15, 0.2) is 60.7 Å². The van der Waals surface area contributed by atoms with E-state index in [4.69, 9.17) is 0 Å². The minimum atomic E-state index is -0.490. The number of para-hydroxylation sites is 2. The summed E-state index contributed by atoms with van der Waals surface area (Å²) in [6.45, 7) is 8.24. The SMILES string of the molecule is CCC(C)c1ccc(C(=O)Nc2ccccc2NC(=O)c2ccc(C(C)CC)cc2O)c(O)c1. The first kappa shape index (κ1) is 24.8. The van der Waals surface area contributed by atoms with E-state index >= 15 is 0 Å². The Kier molecular flexibility index (Phi) is 7.95. The third-order valence-electron chi connectivity index (χ3n) is 6.32. The highest BCUT2D eigenvalue weighted by atomic mass is 16.3. The fourth-order valence-electron chi connectivity index (χ4n) is 3.65. The molecule has 0 saturated carbocycles. The number of phenolic OH excluding ortho intramolecular Hbond substituents is 2. The van der Waals surface area contributed by atoms with Crippen molar-refractivity contribution in [2.75, 3.05) is 10.6 Å². The number of carbonyl (C=O) groups excluding carboxylic acids is 2. The summed E-state index contributed by atoms with van der Waals surface area (Å²) in [4.78, 5) is 25.7. The highest BCUT2D eigenvalue weighted by Crippen LogP contribution is 2.30. The fraction of sp³-hybridized carbons (Fsp3) is 0.286. The van der Waals surface area contributed by atoms with E-state index in [1.807, 2.05) is 12.1 Å². The summed E-state index contributed by atoms with van der Waals surface area (Å²) in [6, 6.07) is 16.9. The molecule has 0 spiro atoms. The number of phenols is 2. The van der Waals surface area contributed by atoms with Crippen molar-refractivity contribution in [2.45, 2.75) is 52.4 Å². The summed E-state index contributed by atoms with van der Waals surface area (Å²) >= 11 is 0. The summed E-state index contributed by atoms with van der Waals surface area (Å²) in [5.41, 5.74) is 2.97. The van der Waals surface area contributed by atoms with Crippen molar-refractivity contribution >= 4 is 23.2 Å². The third-order valence-corrected chi connectivity index (χ3v) is 6.32. The van der Waals surface area contributed by atoms with Crippen molar-refractivity contribution < 1.29 is 19.8 Å². The molecule has 0 fully saturated rings. The van der Waals surface area contributed by atoms with Crippen LogP contribution in [0.3, 0.4) is 0 Å². The first-order chi connectivity index (χ1) is 16.2. The van der Waals surface area contributed by atoms with Gasteiger partial charge in [-0.25, -0.2) is 0 Å². The summed E-state index contributed by atoms with van der Waals surface area (Å²) in [5.74, 6) is -0.623. The van der Waals surface area contributed by atoms with Crippen molar-refractivity contribution in [3.8, 4) is 11.5 Å². The Morgan fingerprint density at radius 3 is 1.41 bits per heavy atom. The molecule has 0 heterocycles. The molecular formula is C28H32N2O4. The number of hydrogen-bond acceptors (Lipinski definition) is 4. The van der Waals surface area contributed by atoms with Crippen LogP contribution in [-0.4, -0.2) is 22.0 Å². The Labute approximate surface area is 200 Å². The maximum absolute atomic E-state index is 12.9. The van der Waals surface area contributed by atoms with Crippen molar-refractivity contribution in [2.24, 2.45) is 0 Å². The Morgan fingerprint density at radius 1 is 0.706 bits per heavy atom. The smallest absolute Gasteiger partial charge is 0.259 e. The molecule has 0 aliphatic rings. The lowest BCUT2D eigenvalue weighted by Crippen LogP contribution is -2.17. The molecule has 3 aromatic rings. The average Bonchev–Trinajstić information content (AvgIpc) is 2.83. The third kappa shape index (κ3) is 5.57. The maximum Gasteiger partial charge on any atom is 0.259 e. The predicted molar refractivity (Wildman–Crippen MR) is 136 cm³/mol. The number of anilines is 2. The normalized spacial score (nSPS) is 12.6. The number of carbonyl (C=O) groups is 2. The Morgan fingerprint density at radius 2 is 1.09 bits per heavy atom. The summed E-state index contributed by atoms with van der Waals surface area (Å²) < 4.78 is 0. The maximum atomic E-state index is 12.9. The molecule has 34 heavy (non-hydrogen) atoms.